The summed E-state index contributed by atoms with van der Waals surface area (Å²) in [6.07, 6.45) is 0.950. The van der Waals surface area contributed by atoms with Crippen LogP contribution < -0.4 is 9.47 Å². The summed E-state index contributed by atoms with van der Waals surface area (Å²) in [6, 6.07) is 13.1. The van der Waals surface area contributed by atoms with E-state index in [9.17, 15) is 4.79 Å². The lowest BCUT2D eigenvalue weighted by Gasteiger charge is -2.35. The van der Waals surface area contributed by atoms with Gasteiger partial charge in [-0.05, 0) is 101 Å². The number of fused-ring (bicyclic) bond motifs is 6. The largest absolute Gasteiger partial charge is 0.496 e. The molecule has 3 aromatic carbocycles. The molecule has 0 saturated carbocycles. The summed E-state index contributed by atoms with van der Waals surface area (Å²) in [5.74, 6) is 2.83. The Morgan fingerprint density at radius 1 is 0.714 bits per heavy atom. The molecule has 3 aromatic rings. The topological polar surface area (TPSA) is 35.5 Å². The van der Waals surface area contributed by atoms with E-state index < -0.39 is 0 Å². The number of hydrogen-bond acceptors (Lipinski definition) is 3. The Balaban J connectivity index is 1.85. The summed E-state index contributed by atoms with van der Waals surface area (Å²) < 4.78 is 11.8. The van der Waals surface area contributed by atoms with Crippen LogP contribution in [0.15, 0.2) is 36.4 Å². The lowest BCUT2D eigenvalue weighted by atomic mass is 9.68. The number of methoxy groups -OCH3 is 2. The molecule has 2 atom stereocenters. The molecule has 0 heterocycles. The minimum Gasteiger partial charge on any atom is -0.496 e. The third kappa shape index (κ3) is 3.59. The Bertz CT molecular complexity index is 1350. The molecule has 0 fully saturated rings. The van der Waals surface area contributed by atoms with Crippen molar-refractivity contribution in [1.82, 2.24) is 0 Å². The molecule has 0 saturated heterocycles. The molecular formula is C32H36O3. The predicted octanol–water partition coefficient (Wildman–Crippen LogP) is 7.89. The minimum absolute atomic E-state index is 0.185. The van der Waals surface area contributed by atoms with E-state index in [1.165, 1.54) is 16.7 Å². The lowest BCUT2D eigenvalue weighted by molar-refractivity contribution is 0.0936. The van der Waals surface area contributed by atoms with Crippen LogP contribution >= 0.6 is 0 Å². The van der Waals surface area contributed by atoms with E-state index in [2.05, 4.69) is 77.9 Å². The fourth-order valence-electron chi connectivity index (χ4n) is 6.37. The van der Waals surface area contributed by atoms with Gasteiger partial charge in [-0.1, -0.05) is 39.8 Å². The fourth-order valence-corrected chi connectivity index (χ4v) is 6.37. The molecule has 0 radical (unpaired) electrons. The predicted molar refractivity (Wildman–Crippen MR) is 143 cm³/mol. The van der Waals surface area contributed by atoms with Gasteiger partial charge in [0.2, 0.25) is 0 Å². The smallest absolute Gasteiger partial charge is 0.171 e. The van der Waals surface area contributed by atoms with Gasteiger partial charge in [-0.2, -0.15) is 0 Å². The van der Waals surface area contributed by atoms with Crippen molar-refractivity contribution in [3.05, 3.63) is 69.8 Å². The number of hydrogen-bond donors (Lipinski definition) is 0. The average molecular weight is 469 g/mol. The molecule has 0 spiro atoms. The van der Waals surface area contributed by atoms with Gasteiger partial charge in [-0.3, -0.25) is 4.79 Å². The number of ether oxygens (including phenoxy) is 2. The number of ketones is 1. The highest BCUT2D eigenvalue weighted by atomic mass is 16.5. The SMILES string of the molecule is COc1cc(C)cc2c1-c1cc3c(cc1CC2C(C)C)-c1c(OC)cc(C)cc1C(C(C)C)C3=O. The van der Waals surface area contributed by atoms with Crippen molar-refractivity contribution in [1.29, 1.82) is 0 Å². The Morgan fingerprint density at radius 2 is 1.29 bits per heavy atom. The van der Waals surface area contributed by atoms with Gasteiger partial charge in [0.1, 0.15) is 11.5 Å². The summed E-state index contributed by atoms with van der Waals surface area (Å²) in [5, 5.41) is 0. The van der Waals surface area contributed by atoms with Crippen LogP contribution in [0.25, 0.3) is 22.3 Å². The third-order valence-corrected chi connectivity index (χ3v) is 7.97. The normalized spacial score (nSPS) is 18.2. The first kappa shape index (κ1) is 23.7. The highest BCUT2D eigenvalue weighted by Gasteiger charge is 2.38. The molecular weight excluding hydrogens is 432 g/mol. The fraction of sp³-hybridized carbons (Fsp3) is 0.406. The van der Waals surface area contributed by atoms with E-state index in [-0.39, 0.29) is 17.6 Å². The zero-order valence-electron chi connectivity index (χ0n) is 22.2. The van der Waals surface area contributed by atoms with Crippen LogP contribution in [0.4, 0.5) is 0 Å². The zero-order valence-corrected chi connectivity index (χ0v) is 22.2. The van der Waals surface area contributed by atoms with Crippen LogP contribution in [-0.2, 0) is 6.42 Å². The van der Waals surface area contributed by atoms with Gasteiger partial charge in [-0.15, -0.1) is 0 Å². The standard InChI is InChI=1S/C32H36O3/c1-16(2)21-13-20-14-24-25(15-22(20)30-23(21)9-18(5)11-27(30)34-7)32(33)29(17(3)4)26-10-19(6)12-28(35-8)31(24)26/h9-12,14-17,21,29H,13H2,1-8H3. The molecule has 0 N–H and O–H groups in total. The summed E-state index contributed by atoms with van der Waals surface area (Å²) in [7, 11) is 3.47. The van der Waals surface area contributed by atoms with Gasteiger partial charge in [0.25, 0.3) is 0 Å². The van der Waals surface area contributed by atoms with Crippen molar-refractivity contribution in [2.45, 2.75) is 59.8 Å². The first-order valence-corrected chi connectivity index (χ1v) is 12.7. The second-order valence-electron chi connectivity index (χ2n) is 11.1. The third-order valence-electron chi connectivity index (χ3n) is 7.97. The maximum atomic E-state index is 14.0. The summed E-state index contributed by atoms with van der Waals surface area (Å²) in [4.78, 5) is 14.0. The Hall–Kier alpha value is -3.07. The lowest BCUT2D eigenvalue weighted by Crippen LogP contribution is -2.25. The molecule has 2 unspecified atom stereocenters. The second kappa shape index (κ2) is 8.55. The van der Waals surface area contributed by atoms with E-state index in [1.807, 2.05) is 0 Å². The second-order valence-corrected chi connectivity index (χ2v) is 11.1. The van der Waals surface area contributed by atoms with Crippen LogP contribution in [0.2, 0.25) is 0 Å². The maximum Gasteiger partial charge on any atom is 0.171 e. The molecule has 0 bridgehead atoms. The molecule has 0 aliphatic heterocycles. The monoisotopic (exact) mass is 468 g/mol. The minimum atomic E-state index is -0.185. The van der Waals surface area contributed by atoms with Crippen molar-refractivity contribution in [3.8, 4) is 33.8 Å². The molecule has 182 valence electrons. The van der Waals surface area contributed by atoms with Gasteiger partial charge in [0, 0.05) is 16.7 Å². The summed E-state index contributed by atoms with van der Waals surface area (Å²) in [5.41, 5.74) is 11.2. The van der Waals surface area contributed by atoms with Crippen LogP contribution in [0.3, 0.4) is 0 Å². The maximum absolute atomic E-state index is 14.0. The van der Waals surface area contributed by atoms with Gasteiger partial charge in [-0.25, -0.2) is 0 Å². The van der Waals surface area contributed by atoms with Gasteiger partial charge in [0.15, 0.2) is 5.78 Å². The van der Waals surface area contributed by atoms with Crippen LogP contribution in [0.1, 0.15) is 77.7 Å². The number of aryl methyl sites for hydroxylation is 2. The Labute approximate surface area is 209 Å². The van der Waals surface area contributed by atoms with Gasteiger partial charge in [0.05, 0.1) is 20.1 Å². The van der Waals surface area contributed by atoms with E-state index in [0.29, 0.717) is 11.8 Å². The zero-order chi connectivity index (χ0) is 25.2. The van der Waals surface area contributed by atoms with Crippen LogP contribution in [-0.4, -0.2) is 20.0 Å². The van der Waals surface area contributed by atoms with E-state index in [1.54, 1.807) is 14.2 Å². The number of benzene rings is 3. The molecule has 35 heavy (non-hydrogen) atoms. The molecule has 0 aromatic heterocycles. The van der Waals surface area contributed by atoms with E-state index in [4.69, 9.17) is 9.47 Å². The molecule has 5 rings (SSSR count). The number of Topliss-reactive ketones (excluding diaryl/α,β-unsaturated/α-hetero) is 1. The molecule has 2 aliphatic rings. The summed E-state index contributed by atoms with van der Waals surface area (Å²) in [6.45, 7) is 13.1. The van der Waals surface area contributed by atoms with Gasteiger partial charge < -0.3 is 9.47 Å². The van der Waals surface area contributed by atoms with E-state index >= 15 is 0 Å². The van der Waals surface area contributed by atoms with Crippen LogP contribution in [0, 0.1) is 25.7 Å². The average Bonchev–Trinajstić information content (AvgIpc) is 2.80. The Morgan fingerprint density at radius 3 is 1.83 bits per heavy atom. The van der Waals surface area contributed by atoms with Gasteiger partial charge >= 0.3 is 0 Å². The first-order valence-electron chi connectivity index (χ1n) is 12.7. The van der Waals surface area contributed by atoms with Crippen molar-refractivity contribution in [2.75, 3.05) is 14.2 Å². The molecule has 0 amide bonds. The number of carbonyl (C=O) groups is 1. The number of rotatable bonds is 4. The van der Waals surface area contributed by atoms with Crippen molar-refractivity contribution in [3.63, 3.8) is 0 Å². The van der Waals surface area contributed by atoms with Crippen LogP contribution in [0.5, 0.6) is 11.5 Å². The highest BCUT2D eigenvalue weighted by Crippen LogP contribution is 2.53. The quantitative estimate of drug-likeness (QED) is 0.390. The highest BCUT2D eigenvalue weighted by molar-refractivity contribution is 6.12. The number of carbonyl (C=O) groups excluding carboxylic acids is 1. The summed E-state index contributed by atoms with van der Waals surface area (Å²) >= 11 is 0. The Kier molecular flexibility index (Phi) is 5.78. The van der Waals surface area contributed by atoms with Crippen molar-refractivity contribution >= 4 is 5.78 Å². The van der Waals surface area contributed by atoms with E-state index in [0.717, 1.165) is 56.9 Å². The molecule has 3 nitrogen and oxygen atoms in total. The molecule has 2 aliphatic carbocycles. The van der Waals surface area contributed by atoms with Crippen molar-refractivity contribution in [2.24, 2.45) is 11.8 Å². The first-order chi connectivity index (χ1) is 16.7. The van der Waals surface area contributed by atoms with Crippen molar-refractivity contribution < 1.29 is 14.3 Å². The molecule has 3 heteroatoms.